The topological polar surface area (TPSA) is 122 Å². The highest BCUT2D eigenvalue weighted by molar-refractivity contribution is 5.76. The number of aryl methyl sites for hydroxylation is 2. The number of hydrogen-bond acceptors (Lipinski definition) is 7. The summed E-state index contributed by atoms with van der Waals surface area (Å²) in [6.45, 7) is 3.60. The largest absolute Gasteiger partial charge is 0.341 e. The van der Waals surface area contributed by atoms with Crippen molar-refractivity contribution >= 4 is 28.1 Å². The van der Waals surface area contributed by atoms with Crippen molar-refractivity contribution in [1.82, 2.24) is 33.7 Å². The van der Waals surface area contributed by atoms with Gasteiger partial charge in [0.1, 0.15) is 5.52 Å². The van der Waals surface area contributed by atoms with Gasteiger partial charge < -0.3 is 10.6 Å². The number of rotatable bonds is 4. The Hall–Kier alpha value is -3.91. The van der Waals surface area contributed by atoms with Crippen LogP contribution >= 0.6 is 0 Å². The van der Waals surface area contributed by atoms with Gasteiger partial charge >= 0.3 is 5.69 Å². The molecular formula is C23H27N9O2. The van der Waals surface area contributed by atoms with Gasteiger partial charge in [-0.2, -0.15) is 4.98 Å². The van der Waals surface area contributed by atoms with Gasteiger partial charge in [-0.3, -0.25) is 18.5 Å². The summed E-state index contributed by atoms with van der Waals surface area (Å²) >= 11 is 0. The molecule has 176 valence electrons. The van der Waals surface area contributed by atoms with E-state index < -0.39 is 11.2 Å². The van der Waals surface area contributed by atoms with Crippen LogP contribution in [0.4, 0.5) is 5.95 Å². The van der Waals surface area contributed by atoms with Crippen molar-refractivity contribution in [3.8, 4) is 11.8 Å². The van der Waals surface area contributed by atoms with Crippen LogP contribution in [0.1, 0.15) is 25.3 Å². The number of imidazole rings is 1. The zero-order chi connectivity index (χ0) is 24.0. The smallest absolute Gasteiger partial charge is 0.332 e. The number of hydrogen-bond donors (Lipinski definition) is 1. The van der Waals surface area contributed by atoms with E-state index in [1.165, 1.54) is 9.13 Å². The van der Waals surface area contributed by atoms with Crippen molar-refractivity contribution in [2.45, 2.75) is 38.9 Å². The van der Waals surface area contributed by atoms with Crippen LogP contribution in [-0.4, -0.2) is 52.8 Å². The summed E-state index contributed by atoms with van der Waals surface area (Å²) in [6, 6.07) is 5.65. The second-order valence-corrected chi connectivity index (χ2v) is 8.71. The minimum absolute atomic E-state index is 0.0377. The van der Waals surface area contributed by atoms with E-state index in [-0.39, 0.29) is 12.6 Å². The molecule has 4 heterocycles. The predicted octanol–water partition coefficient (Wildman–Crippen LogP) is 0.178. The number of aromatic nitrogens is 7. The molecule has 0 aliphatic carbocycles. The number of piperidine rings is 1. The highest BCUT2D eigenvalue weighted by atomic mass is 16.2. The molecule has 11 nitrogen and oxygen atoms in total. The van der Waals surface area contributed by atoms with Gasteiger partial charge in [0, 0.05) is 33.2 Å². The molecule has 3 aromatic heterocycles. The van der Waals surface area contributed by atoms with E-state index in [1.807, 2.05) is 29.8 Å². The summed E-state index contributed by atoms with van der Waals surface area (Å²) < 4.78 is 6.16. The van der Waals surface area contributed by atoms with Crippen molar-refractivity contribution in [3.63, 3.8) is 0 Å². The van der Waals surface area contributed by atoms with E-state index in [2.05, 4.69) is 27.1 Å². The number of nitrogens with two attached hydrogens (primary N) is 1. The Labute approximate surface area is 195 Å². The van der Waals surface area contributed by atoms with E-state index >= 15 is 0 Å². The second kappa shape index (κ2) is 8.46. The summed E-state index contributed by atoms with van der Waals surface area (Å²) in [5.41, 5.74) is 8.46. The average Bonchev–Trinajstić information content (AvgIpc) is 3.40. The van der Waals surface area contributed by atoms with E-state index in [9.17, 15) is 9.59 Å². The molecule has 1 aliphatic rings. The Kier molecular flexibility index (Phi) is 5.45. The van der Waals surface area contributed by atoms with Crippen molar-refractivity contribution < 1.29 is 0 Å². The molecule has 0 radical (unpaired) electrons. The maximum absolute atomic E-state index is 13.7. The quantitative estimate of drug-likeness (QED) is 0.430. The van der Waals surface area contributed by atoms with Gasteiger partial charge in [0.15, 0.2) is 11.2 Å². The standard InChI is InChI=1S/C23H27N9O2/c1-4-5-11-31-19-20(25-22(31)30-10-6-7-16(24)14-30)28(2)23(34)32(21(19)33)13-15-8-9-18-17(12-15)26-27-29(18)3/h8-9,12,16H,6-7,10-11,13-14,24H2,1-3H3/t16-/m1/s1. The molecule has 0 unspecified atom stereocenters. The van der Waals surface area contributed by atoms with Crippen LogP contribution in [0.3, 0.4) is 0 Å². The fourth-order valence-electron chi connectivity index (χ4n) is 4.61. The highest BCUT2D eigenvalue weighted by Gasteiger charge is 2.26. The third kappa shape index (κ3) is 3.56. The Morgan fingerprint density at radius 1 is 1.21 bits per heavy atom. The number of benzene rings is 1. The summed E-state index contributed by atoms with van der Waals surface area (Å²) in [5, 5.41) is 8.16. The highest BCUT2D eigenvalue weighted by Crippen LogP contribution is 2.23. The first-order chi connectivity index (χ1) is 16.4. The molecule has 11 heteroatoms. The fourth-order valence-corrected chi connectivity index (χ4v) is 4.61. The minimum atomic E-state index is -0.426. The van der Waals surface area contributed by atoms with Crippen LogP contribution in [0.15, 0.2) is 27.8 Å². The molecule has 1 aliphatic heterocycles. The second-order valence-electron chi connectivity index (χ2n) is 8.71. The number of nitrogens with zero attached hydrogens (tertiary/aromatic N) is 8. The van der Waals surface area contributed by atoms with E-state index in [0.717, 1.165) is 30.5 Å². The SMILES string of the molecule is CC#CCn1c(N2CCC[C@@H](N)C2)nc2c1c(=O)n(Cc1ccc3c(c1)nnn3C)c(=O)n2C. The van der Waals surface area contributed by atoms with Gasteiger partial charge in [0.25, 0.3) is 5.56 Å². The average molecular weight is 462 g/mol. The Balaban J connectivity index is 1.67. The Morgan fingerprint density at radius 3 is 2.79 bits per heavy atom. The normalized spacial score (nSPS) is 16.2. The van der Waals surface area contributed by atoms with Gasteiger partial charge in [0.05, 0.1) is 18.6 Å². The van der Waals surface area contributed by atoms with Crippen LogP contribution in [0.5, 0.6) is 0 Å². The van der Waals surface area contributed by atoms with Crippen LogP contribution < -0.4 is 21.9 Å². The molecular weight excluding hydrogens is 434 g/mol. The maximum Gasteiger partial charge on any atom is 0.332 e. The van der Waals surface area contributed by atoms with Gasteiger partial charge in [0.2, 0.25) is 5.95 Å². The van der Waals surface area contributed by atoms with Gasteiger partial charge in [-0.25, -0.2) is 9.48 Å². The summed E-state index contributed by atoms with van der Waals surface area (Å²) in [4.78, 5) is 33.7. The van der Waals surface area contributed by atoms with E-state index in [0.29, 0.717) is 35.7 Å². The molecule has 1 fully saturated rings. The summed E-state index contributed by atoms with van der Waals surface area (Å²) in [7, 11) is 3.46. The molecule has 0 amide bonds. The van der Waals surface area contributed by atoms with Gasteiger partial charge in [-0.15, -0.1) is 11.0 Å². The van der Waals surface area contributed by atoms with Gasteiger partial charge in [-0.05, 0) is 37.5 Å². The van der Waals surface area contributed by atoms with Crippen LogP contribution in [0, 0.1) is 11.8 Å². The molecule has 0 saturated carbocycles. The monoisotopic (exact) mass is 461 g/mol. The number of fused-ring (bicyclic) bond motifs is 2. The molecule has 1 atom stereocenters. The van der Waals surface area contributed by atoms with E-state index in [4.69, 9.17) is 10.7 Å². The van der Waals surface area contributed by atoms with Gasteiger partial charge in [-0.1, -0.05) is 17.2 Å². The summed E-state index contributed by atoms with van der Waals surface area (Å²) in [5.74, 6) is 6.57. The molecule has 1 aromatic carbocycles. The van der Waals surface area contributed by atoms with Crippen LogP contribution in [-0.2, 0) is 27.2 Å². The molecule has 5 rings (SSSR count). The van der Waals surface area contributed by atoms with Crippen molar-refractivity contribution in [2.75, 3.05) is 18.0 Å². The first-order valence-electron chi connectivity index (χ1n) is 11.3. The Morgan fingerprint density at radius 2 is 2.03 bits per heavy atom. The third-order valence-electron chi connectivity index (χ3n) is 6.38. The molecule has 1 saturated heterocycles. The maximum atomic E-state index is 13.7. The van der Waals surface area contributed by atoms with Crippen molar-refractivity contribution in [1.29, 1.82) is 0 Å². The van der Waals surface area contributed by atoms with Crippen LogP contribution in [0.25, 0.3) is 22.2 Å². The van der Waals surface area contributed by atoms with Crippen molar-refractivity contribution in [2.24, 2.45) is 19.8 Å². The van der Waals surface area contributed by atoms with Crippen molar-refractivity contribution in [3.05, 3.63) is 44.6 Å². The lowest BCUT2D eigenvalue weighted by molar-refractivity contribution is 0.496. The molecule has 0 bridgehead atoms. The zero-order valence-corrected chi connectivity index (χ0v) is 19.5. The molecule has 2 N–H and O–H groups in total. The Bertz CT molecular complexity index is 1580. The minimum Gasteiger partial charge on any atom is -0.341 e. The fraction of sp³-hybridized carbons (Fsp3) is 0.435. The lowest BCUT2D eigenvalue weighted by Crippen LogP contribution is -2.44. The third-order valence-corrected chi connectivity index (χ3v) is 6.38. The molecule has 4 aromatic rings. The summed E-state index contributed by atoms with van der Waals surface area (Å²) in [6.07, 6.45) is 1.89. The first-order valence-corrected chi connectivity index (χ1v) is 11.3. The lowest BCUT2D eigenvalue weighted by Gasteiger charge is -2.31. The lowest BCUT2D eigenvalue weighted by atomic mass is 10.1. The zero-order valence-electron chi connectivity index (χ0n) is 19.5. The molecule has 0 spiro atoms. The molecule has 34 heavy (non-hydrogen) atoms. The number of anilines is 1. The van der Waals surface area contributed by atoms with Crippen LogP contribution in [0.2, 0.25) is 0 Å². The first kappa shape index (κ1) is 21.9. The van der Waals surface area contributed by atoms with E-state index in [1.54, 1.807) is 18.7 Å². The predicted molar refractivity (Wildman–Crippen MR) is 130 cm³/mol.